The van der Waals surface area contributed by atoms with Crippen molar-refractivity contribution in [2.24, 2.45) is 11.8 Å². The number of methoxy groups -OCH3 is 1. The Kier molecular flexibility index (Phi) is 12.9. The van der Waals surface area contributed by atoms with Gasteiger partial charge in [0.15, 0.2) is 23.0 Å². The SMILES string of the molecule is COc1ccnc(C(=O)C[C@H]2COC[C@H](Cc3ccccc3)[C@@H](OCCC(=O)N(C)C)[C@H](C)OC2=O)c1OCOC(C)=O. The predicted octanol–water partition coefficient (Wildman–Crippen LogP) is 2.86. The molecule has 3 rings (SSSR count). The summed E-state index contributed by atoms with van der Waals surface area (Å²) in [4.78, 5) is 55.7. The molecule has 0 bridgehead atoms. The highest BCUT2D eigenvalue weighted by Gasteiger charge is 2.36. The van der Waals surface area contributed by atoms with E-state index in [9.17, 15) is 19.2 Å². The molecule has 2 aromatic rings. The van der Waals surface area contributed by atoms with Crippen LogP contribution in [0.1, 0.15) is 42.7 Å². The van der Waals surface area contributed by atoms with Gasteiger partial charge in [-0.2, -0.15) is 0 Å². The lowest BCUT2D eigenvalue weighted by Crippen LogP contribution is -2.40. The number of rotatable bonds is 13. The summed E-state index contributed by atoms with van der Waals surface area (Å²) >= 11 is 0. The van der Waals surface area contributed by atoms with Crippen molar-refractivity contribution in [3.8, 4) is 11.5 Å². The van der Waals surface area contributed by atoms with E-state index in [1.54, 1.807) is 21.0 Å². The van der Waals surface area contributed by atoms with Gasteiger partial charge in [-0.3, -0.25) is 19.2 Å². The number of nitrogens with zero attached hydrogens (tertiary/aromatic N) is 2. The van der Waals surface area contributed by atoms with Gasteiger partial charge in [-0.15, -0.1) is 0 Å². The van der Waals surface area contributed by atoms with Crippen molar-refractivity contribution in [2.45, 2.75) is 45.3 Å². The number of cyclic esters (lactones) is 1. The quantitative estimate of drug-likeness (QED) is 0.190. The van der Waals surface area contributed by atoms with Gasteiger partial charge in [0.1, 0.15) is 6.10 Å². The van der Waals surface area contributed by atoms with Crippen LogP contribution in [0.2, 0.25) is 0 Å². The Labute approximate surface area is 251 Å². The molecule has 0 spiro atoms. The van der Waals surface area contributed by atoms with Crippen LogP contribution in [-0.2, 0) is 39.8 Å². The molecule has 234 valence electrons. The van der Waals surface area contributed by atoms with E-state index in [1.165, 1.54) is 31.2 Å². The molecule has 43 heavy (non-hydrogen) atoms. The zero-order valence-electron chi connectivity index (χ0n) is 25.3. The van der Waals surface area contributed by atoms with Crippen molar-refractivity contribution in [1.82, 2.24) is 9.88 Å². The van der Waals surface area contributed by atoms with Gasteiger partial charge in [0.25, 0.3) is 0 Å². The fraction of sp³-hybridized carbons (Fsp3) is 0.516. The second kappa shape index (κ2) is 16.6. The first-order valence-corrected chi connectivity index (χ1v) is 14.1. The number of hydrogen-bond donors (Lipinski definition) is 0. The number of carbonyl (C=O) groups excluding carboxylic acids is 4. The molecule has 1 saturated heterocycles. The standard InChI is InChI=1S/C31H40N2O10/c1-20-29(40-14-12-27(36)33(3)4)23(15-22-9-7-6-8-10-22)17-39-18-24(31(37)43-20)16-25(35)28-30(42-19-41-21(2)34)26(38-5)11-13-32-28/h6-11,13,20,23-24,29H,12,14-19H2,1-5H3/t20-,23-,24-,29-/m0/s1. The number of hydrogen-bond acceptors (Lipinski definition) is 11. The molecule has 4 atom stereocenters. The molecular weight excluding hydrogens is 560 g/mol. The molecule has 0 unspecified atom stereocenters. The van der Waals surface area contributed by atoms with E-state index in [4.69, 9.17) is 28.4 Å². The summed E-state index contributed by atoms with van der Waals surface area (Å²) in [5.74, 6) is -2.70. The van der Waals surface area contributed by atoms with Crippen LogP contribution >= 0.6 is 0 Å². The first-order valence-electron chi connectivity index (χ1n) is 14.1. The molecule has 1 aliphatic heterocycles. The monoisotopic (exact) mass is 600 g/mol. The van der Waals surface area contributed by atoms with Crippen LogP contribution in [0.15, 0.2) is 42.6 Å². The van der Waals surface area contributed by atoms with Crippen LogP contribution in [0.4, 0.5) is 0 Å². The minimum absolute atomic E-state index is 0.00868. The highest BCUT2D eigenvalue weighted by atomic mass is 16.7. The molecule has 1 fully saturated rings. The molecule has 1 amide bonds. The van der Waals surface area contributed by atoms with E-state index in [2.05, 4.69) is 4.98 Å². The second-order valence-electron chi connectivity index (χ2n) is 10.4. The normalized spacial score (nSPS) is 20.5. The molecule has 2 heterocycles. The van der Waals surface area contributed by atoms with Crippen LogP contribution in [0.3, 0.4) is 0 Å². The largest absolute Gasteiger partial charge is 0.493 e. The number of benzene rings is 1. The Morgan fingerprint density at radius 1 is 1.09 bits per heavy atom. The minimum atomic E-state index is -0.935. The highest BCUT2D eigenvalue weighted by Crippen LogP contribution is 2.32. The summed E-state index contributed by atoms with van der Waals surface area (Å²) < 4.78 is 33.7. The number of amides is 1. The average Bonchev–Trinajstić information content (AvgIpc) is 3.02. The van der Waals surface area contributed by atoms with Gasteiger partial charge in [-0.05, 0) is 18.9 Å². The maximum Gasteiger partial charge on any atom is 0.312 e. The molecule has 0 N–H and O–H groups in total. The van der Waals surface area contributed by atoms with Crippen molar-refractivity contribution < 1.29 is 47.6 Å². The molecule has 1 aromatic heterocycles. The van der Waals surface area contributed by atoms with Crippen LogP contribution in [-0.4, -0.2) is 93.5 Å². The molecular formula is C31H40N2O10. The van der Waals surface area contributed by atoms with Crippen molar-refractivity contribution in [1.29, 1.82) is 0 Å². The zero-order chi connectivity index (χ0) is 31.4. The van der Waals surface area contributed by atoms with Crippen molar-refractivity contribution >= 4 is 23.6 Å². The van der Waals surface area contributed by atoms with Crippen LogP contribution in [0.5, 0.6) is 11.5 Å². The zero-order valence-corrected chi connectivity index (χ0v) is 25.3. The van der Waals surface area contributed by atoms with E-state index >= 15 is 0 Å². The number of esters is 2. The number of pyridine rings is 1. The van der Waals surface area contributed by atoms with E-state index in [0.29, 0.717) is 6.42 Å². The maximum absolute atomic E-state index is 13.4. The number of aromatic nitrogens is 1. The maximum atomic E-state index is 13.4. The van der Waals surface area contributed by atoms with E-state index in [0.717, 1.165) is 5.56 Å². The summed E-state index contributed by atoms with van der Waals surface area (Å²) in [6.45, 7) is 2.83. The summed E-state index contributed by atoms with van der Waals surface area (Å²) in [7, 11) is 4.75. The van der Waals surface area contributed by atoms with Crippen LogP contribution in [0, 0.1) is 11.8 Å². The van der Waals surface area contributed by atoms with E-state index in [1.807, 2.05) is 30.3 Å². The van der Waals surface area contributed by atoms with Gasteiger partial charge in [-0.25, -0.2) is 4.98 Å². The smallest absolute Gasteiger partial charge is 0.312 e. The van der Waals surface area contributed by atoms with Gasteiger partial charge in [-0.1, -0.05) is 30.3 Å². The number of ether oxygens (including phenoxy) is 6. The Hall–Kier alpha value is -4.03. The molecule has 12 nitrogen and oxygen atoms in total. The third-order valence-electron chi connectivity index (χ3n) is 6.93. The lowest BCUT2D eigenvalue weighted by Gasteiger charge is -2.31. The topological polar surface area (TPSA) is 140 Å². The Balaban J connectivity index is 1.78. The van der Waals surface area contributed by atoms with Gasteiger partial charge in [0.05, 0.1) is 45.4 Å². The summed E-state index contributed by atoms with van der Waals surface area (Å²) in [5, 5.41) is 0. The number of Topliss-reactive ketones (excluding diaryl/α,β-unsaturated/α-hetero) is 1. The van der Waals surface area contributed by atoms with Gasteiger partial charge < -0.3 is 33.3 Å². The molecule has 0 radical (unpaired) electrons. The first-order chi connectivity index (χ1) is 20.6. The molecule has 0 aliphatic carbocycles. The third kappa shape index (κ3) is 10.0. The molecule has 1 aliphatic rings. The van der Waals surface area contributed by atoms with Crippen molar-refractivity contribution in [2.75, 3.05) is 47.8 Å². The van der Waals surface area contributed by atoms with E-state index < -0.39 is 42.6 Å². The lowest BCUT2D eigenvalue weighted by atomic mass is 9.91. The van der Waals surface area contributed by atoms with Gasteiger partial charge in [0, 0.05) is 45.6 Å². The fourth-order valence-electron chi connectivity index (χ4n) is 4.69. The third-order valence-corrected chi connectivity index (χ3v) is 6.93. The fourth-order valence-corrected chi connectivity index (χ4v) is 4.69. The Bertz CT molecular complexity index is 1240. The summed E-state index contributed by atoms with van der Waals surface area (Å²) in [6.07, 6.45) is 0.622. The second-order valence-corrected chi connectivity index (χ2v) is 10.4. The molecule has 1 aromatic carbocycles. The van der Waals surface area contributed by atoms with E-state index in [-0.39, 0.29) is 61.7 Å². The average molecular weight is 601 g/mol. The number of carbonyl (C=O) groups is 4. The summed E-state index contributed by atoms with van der Waals surface area (Å²) in [6, 6.07) is 11.3. The van der Waals surface area contributed by atoms with Crippen molar-refractivity contribution in [3.05, 3.63) is 53.9 Å². The van der Waals surface area contributed by atoms with Crippen molar-refractivity contribution in [3.63, 3.8) is 0 Å². The van der Waals surface area contributed by atoms with Crippen LogP contribution in [0.25, 0.3) is 0 Å². The Morgan fingerprint density at radius 3 is 2.51 bits per heavy atom. The highest BCUT2D eigenvalue weighted by molar-refractivity contribution is 5.99. The number of ketones is 1. The molecule has 12 heteroatoms. The predicted molar refractivity (Wildman–Crippen MR) is 154 cm³/mol. The molecule has 0 saturated carbocycles. The van der Waals surface area contributed by atoms with Crippen LogP contribution < -0.4 is 9.47 Å². The first kappa shape index (κ1) is 33.5. The summed E-state index contributed by atoms with van der Waals surface area (Å²) in [5.41, 5.74) is 0.977. The van der Waals surface area contributed by atoms with Gasteiger partial charge in [0.2, 0.25) is 12.7 Å². The lowest BCUT2D eigenvalue weighted by molar-refractivity contribution is -0.163. The van der Waals surface area contributed by atoms with Gasteiger partial charge >= 0.3 is 11.9 Å². The minimum Gasteiger partial charge on any atom is -0.493 e. The Morgan fingerprint density at radius 2 is 1.84 bits per heavy atom.